The first kappa shape index (κ1) is 16.2. The van der Waals surface area contributed by atoms with Crippen LogP contribution in [0.5, 0.6) is 0 Å². The van der Waals surface area contributed by atoms with Crippen molar-refractivity contribution in [3.05, 3.63) is 23.9 Å². The topological polar surface area (TPSA) is 57.3 Å². The summed E-state index contributed by atoms with van der Waals surface area (Å²) in [4.78, 5) is 19.3. The molecule has 3 rings (SSSR count). The number of pyridine rings is 1. The van der Waals surface area contributed by atoms with Crippen molar-refractivity contribution < 1.29 is 4.79 Å². The predicted octanol–water partition coefficient (Wildman–Crippen LogP) is 2.19. The van der Waals surface area contributed by atoms with Crippen LogP contribution in [-0.4, -0.2) is 43.1 Å². The fourth-order valence-electron chi connectivity index (χ4n) is 3.49. The molecule has 2 saturated heterocycles. The molecule has 2 N–H and O–H groups in total. The maximum Gasteiger partial charge on any atom is 0.253 e. The highest BCUT2D eigenvalue weighted by molar-refractivity contribution is 5.94. The van der Waals surface area contributed by atoms with Gasteiger partial charge in [0.25, 0.3) is 5.91 Å². The average molecular weight is 316 g/mol. The number of nitrogens with zero attached hydrogens (tertiary/aromatic N) is 2. The maximum absolute atomic E-state index is 12.4. The standard InChI is InChI=1S/C18H28N4O/c1-14-12-19-9-8-16(14)21-18(23)15-6-7-17(20-13-15)22-10-4-2-3-5-11-22/h6-7,13-14,16,19H,2-5,8-12H2,1H3,(H,21,23). The van der Waals surface area contributed by atoms with Gasteiger partial charge in [-0.2, -0.15) is 0 Å². The van der Waals surface area contributed by atoms with Gasteiger partial charge >= 0.3 is 0 Å². The first-order chi connectivity index (χ1) is 11.2. The molecule has 2 aliphatic heterocycles. The Bertz CT molecular complexity index is 508. The van der Waals surface area contributed by atoms with E-state index in [4.69, 9.17) is 0 Å². The number of hydrogen-bond donors (Lipinski definition) is 2. The van der Waals surface area contributed by atoms with Crippen molar-refractivity contribution in [3.8, 4) is 0 Å². The zero-order valence-electron chi connectivity index (χ0n) is 14.1. The van der Waals surface area contributed by atoms with Gasteiger partial charge in [0.2, 0.25) is 0 Å². The van der Waals surface area contributed by atoms with E-state index < -0.39 is 0 Å². The summed E-state index contributed by atoms with van der Waals surface area (Å²) in [5.41, 5.74) is 0.661. The van der Waals surface area contributed by atoms with Crippen LogP contribution in [0.25, 0.3) is 0 Å². The first-order valence-corrected chi connectivity index (χ1v) is 8.96. The molecular formula is C18H28N4O. The molecule has 0 aliphatic carbocycles. The van der Waals surface area contributed by atoms with E-state index in [9.17, 15) is 4.79 Å². The number of hydrogen-bond acceptors (Lipinski definition) is 4. The van der Waals surface area contributed by atoms with E-state index in [0.717, 1.165) is 38.4 Å². The van der Waals surface area contributed by atoms with Gasteiger partial charge in [0.15, 0.2) is 0 Å². The quantitative estimate of drug-likeness (QED) is 0.897. The van der Waals surface area contributed by atoms with Crippen molar-refractivity contribution in [1.29, 1.82) is 0 Å². The normalized spacial score (nSPS) is 25.7. The fourth-order valence-corrected chi connectivity index (χ4v) is 3.49. The summed E-state index contributed by atoms with van der Waals surface area (Å²) in [6, 6.07) is 4.16. The van der Waals surface area contributed by atoms with E-state index >= 15 is 0 Å². The van der Waals surface area contributed by atoms with Crippen LogP contribution in [0.2, 0.25) is 0 Å². The third kappa shape index (κ3) is 4.22. The Morgan fingerprint density at radius 1 is 1.26 bits per heavy atom. The van der Waals surface area contributed by atoms with Gasteiger partial charge in [-0.3, -0.25) is 4.79 Å². The molecule has 0 aromatic carbocycles. The zero-order valence-corrected chi connectivity index (χ0v) is 14.1. The van der Waals surface area contributed by atoms with E-state index in [1.54, 1.807) is 6.20 Å². The Labute approximate surface area is 138 Å². The lowest BCUT2D eigenvalue weighted by Gasteiger charge is -2.30. The molecule has 1 amide bonds. The molecule has 0 spiro atoms. The van der Waals surface area contributed by atoms with Crippen molar-refractivity contribution >= 4 is 11.7 Å². The molecule has 3 heterocycles. The minimum Gasteiger partial charge on any atom is -0.357 e. The summed E-state index contributed by atoms with van der Waals surface area (Å²) < 4.78 is 0. The van der Waals surface area contributed by atoms with Crippen molar-refractivity contribution in [1.82, 2.24) is 15.6 Å². The second kappa shape index (κ2) is 7.77. The van der Waals surface area contributed by atoms with Crippen molar-refractivity contribution in [2.24, 2.45) is 5.92 Å². The van der Waals surface area contributed by atoms with Crippen molar-refractivity contribution in [2.45, 2.75) is 45.1 Å². The number of aromatic nitrogens is 1. The number of anilines is 1. The summed E-state index contributed by atoms with van der Waals surface area (Å²) >= 11 is 0. The molecule has 0 radical (unpaired) electrons. The van der Waals surface area contributed by atoms with E-state index in [1.807, 2.05) is 12.1 Å². The lowest BCUT2D eigenvalue weighted by Crippen LogP contribution is -2.48. The fraction of sp³-hybridized carbons (Fsp3) is 0.667. The third-order valence-electron chi connectivity index (χ3n) is 5.04. The molecular weight excluding hydrogens is 288 g/mol. The van der Waals surface area contributed by atoms with Gasteiger partial charge in [0, 0.05) is 25.3 Å². The second-order valence-corrected chi connectivity index (χ2v) is 6.86. The molecule has 1 aromatic heterocycles. The van der Waals surface area contributed by atoms with Crippen LogP contribution >= 0.6 is 0 Å². The largest absolute Gasteiger partial charge is 0.357 e. The lowest BCUT2D eigenvalue weighted by atomic mass is 9.95. The molecule has 5 heteroatoms. The predicted molar refractivity (Wildman–Crippen MR) is 92.8 cm³/mol. The highest BCUT2D eigenvalue weighted by atomic mass is 16.1. The van der Waals surface area contributed by atoms with Crippen LogP contribution in [0.1, 0.15) is 49.4 Å². The molecule has 0 bridgehead atoms. The molecule has 0 saturated carbocycles. The van der Waals surface area contributed by atoms with Crippen LogP contribution < -0.4 is 15.5 Å². The number of piperidine rings is 1. The SMILES string of the molecule is CC1CNCCC1NC(=O)c1ccc(N2CCCCCC2)nc1. The zero-order chi connectivity index (χ0) is 16.1. The molecule has 2 unspecified atom stereocenters. The Kier molecular flexibility index (Phi) is 5.49. The molecule has 2 aliphatic rings. The van der Waals surface area contributed by atoms with E-state index in [0.29, 0.717) is 11.5 Å². The summed E-state index contributed by atoms with van der Waals surface area (Å²) in [7, 11) is 0. The molecule has 23 heavy (non-hydrogen) atoms. The van der Waals surface area contributed by atoms with Gasteiger partial charge in [-0.1, -0.05) is 19.8 Å². The van der Waals surface area contributed by atoms with E-state index in [-0.39, 0.29) is 11.9 Å². The van der Waals surface area contributed by atoms with Gasteiger partial charge in [0.1, 0.15) is 5.82 Å². The summed E-state index contributed by atoms with van der Waals surface area (Å²) in [6.07, 6.45) is 7.80. The average Bonchev–Trinajstić information content (AvgIpc) is 2.86. The minimum atomic E-state index is -0.00123. The van der Waals surface area contributed by atoms with Crippen LogP contribution in [0.15, 0.2) is 18.3 Å². The highest BCUT2D eigenvalue weighted by Gasteiger charge is 2.23. The number of amides is 1. The number of carbonyl (C=O) groups is 1. The monoisotopic (exact) mass is 316 g/mol. The second-order valence-electron chi connectivity index (χ2n) is 6.86. The summed E-state index contributed by atoms with van der Waals surface area (Å²) in [5, 5.41) is 6.52. The molecule has 5 nitrogen and oxygen atoms in total. The Hall–Kier alpha value is -1.62. The third-order valence-corrected chi connectivity index (χ3v) is 5.04. The van der Waals surface area contributed by atoms with Gasteiger partial charge in [-0.05, 0) is 50.4 Å². The highest BCUT2D eigenvalue weighted by Crippen LogP contribution is 2.18. The van der Waals surface area contributed by atoms with Gasteiger partial charge in [-0.25, -0.2) is 4.98 Å². The van der Waals surface area contributed by atoms with E-state index in [1.165, 1.54) is 25.7 Å². The molecule has 126 valence electrons. The Morgan fingerprint density at radius 2 is 2.04 bits per heavy atom. The molecule has 1 aromatic rings. The van der Waals surface area contributed by atoms with Crippen molar-refractivity contribution in [2.75, 3.05) is 31.1 Å². The van der Waals surface area contributed by atoms with Crippen LogP contribution in [0.4, 0.5) is 5.82 Å². The molecule has 2 fully saturated rings. The Balaban J connectivity index is 1.60. The Morgan fingerprint density at radius 3 is 2.70 bits per heavy atom. The molecule has 2 atom stereocenters. The van der Waals surface area contributed by atoms with Gasteiger partial charge < -0.3 is 15.5 Å². The summed E-state index contributed by atoms with van der Waals surface area (Å²) in [6.45, 7) is 6.27. The lowest BCUT2D eigenvalue weighted by molar-refractivity contribution is 0.0914. The minimum absolute atomic E-state index is 0.00123. The van der Waals surface area contributed by atoms with Crippen LogP contribution in [0.3, 0.4) is 0 Å². The smallest absolute Gasteiger partial charge is 0.253 e. The number of rotatable bonds is 3. The first-order valence-electron chi connectivity index (χ1n) is 8.96. The van der Waals surface area contributed by atoms with Crippen molar-refractivity contribution in [3.63, 3.8) is 0 Å². The van der Waals surface area contributed by atoms with Gasteiger partial charge in [-0.15, -0.1) is 0 Å². The number of nitrogens with one attached hydrogen (secondary N) is 2. The summed E-state index contributed by atoms with van der Waals surface area (Å²) in [5.74, 6) is 1.47. The maximum atomic E-state index is 12.4. The van der Waals surface area contributed by atoms with E-state index in [2.05, 4.69) is 27.4 Å². The number of carbonyl (C=O) groups excluding carboxylic acids is 1. The van der Waals surface area contributed by atoms with Gasteiger partial charge in [0.05, 0.1) is 5.56 Å². The van der Waals surface area contributed by atoms with Crippen LogP contribution in [0, 0.1) is 5.92 Å². The van der Waals surface area contributed by atoms with Crippen LogP contribution in [-0.2, 0) is 0 Å².